The number of Topliss-reactive ketones (excluding diaryl/α,β-unsaturated/α-hetero) is 1. The molecule has 0 bridgehead atoms. The van der Waals surface area contributed by atoms with Crippen LogP contribution >= 0.6 is 11.6 Å². The molecule has 0 fully saturated rings. The van der Waals surface area contributed by atoms with Crippen LogP contribution in [0.15, 0.2) is 36.4 Å². The van der Waals surface area contributed by atoms with Crippen LogP contribution in [0.25, 0.3) is 11.1 Å². The van der Waals surface area contributed by atoms with Crippen LogP contribution in [0.1, 0.15) is 49.8 Å². The number of nitrogens with one attached hydrogen (secondary N) is 1. The molecule has 4 nitrogen and oxygen atoms in total. The van der Waals surface area contributed by atoms with E-state index in [1.54, 1.807) is 32.0 Å². The molecule has 0 aliphatic rings. The van der Waals surface area contributed by atoms with Gasteiger partial charge in [-0.3, -0.25) is 9.59 Å². The van der Waals surface area contributed by atoms with Crippen molar-refractivity contribution in [3.63, 3.8) is 0 Å². The van der Waals surface area contributed by atoms with E-state index in [9.17, 15) is 22.8 Å². The highest BCUT2D eigenvalue weighted by Crippen LogP contribution is 2.35. The van der Waals surface area contributed by atoms with Gasteiger partial charge in [0.2, 0.25) is 0 Å². The number of hydrogen-bond donors (Lipinski definition) is 1. The summed E-state index contributed by atoms with van der Waals surface area (Å²) in [5, 5.41) is 3.37. The molecule has 1 unspecified atom stereocenters. The Hall–Kier alpha value is -2.38. The fourth-order valence-corrected chi connectivity index (χ4v) is 3.35. The summed E-state index contributed by atoms with van der Waals surface area (Å²) >= 11 is 6.26. The molecule has 0 aliphatic carbocycles. The van der Waals surface area contributed by atoms with Gasteiger partial charge in [-0.05, 0) is 67.3 Å². The summed E-state index contributed by atoms with van der Waals surface area (Å²) in [4.78, 5) is 23.3. The van der Waals surface area contributed by atoms with E-state index < -0.39 is 23.6 Å². The number of ether oxygens (including phenoxy) is 1. The second-order valence-corrected chi connectivity index (χ2v) is 7.68. The van der Waals surface area contributed by atoms with Crippen molar-refractivity contribution in [2.75, 3.05) is 13.2 Å². The number of rotatable bonds is 9. The van der Waals surface area contributed by atoms with Gasteiger partial charge in [-0.25, -0.2) is 0 Å². The first-order valence-corrected chi connectivity index (χ1v) is 10.3. The maximum absolute atomic E-state index is 13.3. The van der Waals surface area contributed by atoms with Crippen molar-refractivity contribution in [3.8, 4) is 11.1 Å². The molecule has 31 heavy (non-hydrogen) atoms. The molecule has 0 spiro atoms. The largest absolute Gasteiger partial charge is 0.466 e. The molecule has 1 N–H and O–H groups in total. The van der Waals surface area contributed by atoms with E-state index >= 15 is 0 Å². The minimum atomic E-state index is -4.48. The van der Waals surface area contributed by atoms with E-state index in [1.807, 2.05) is 0 Å². The standard InChI is InChI=1S/C23H25ClF3NO3/c1-4-31-22(30)15(3)16-9-17(12-20(24)11-16)21-6-5-19(23(25,26)27)10-18(21)13-28-8-7-14(2)29/h5-6,9-12,15,28H,4,7-8,13H2,1-3H3. The average molecular weight is 456 g/mol. The Morgan fingerprint density at radius 3 is 2.48 bits per heavy atom. The van der Waals surface area contributed by atoms with Gasteiger partial charge in [0.15, 0.2) is 0 Å². The fourth-order valence-electron chi connectivity index (χ4n) is 3.11. The lowest BCUT2D eigenvalue weighted by Crippen LogP contribution is -2.18. The van der Waals surface area contributed by atoms with Crippen molar-refractivity contribution in [1.82, 2.24) is 5.32 Å². The van der Waals surface area contributed by atoms with Crippen LogP contribution in [0.3, 0.4) is 0 Å². The van der Waals surface area contributed by atoms with Gasteiger partial charge in [0.05, 0.1) is 18.1 Å². The maximum Gasteiger partial charge on any atom is 0.416 e. The molecule has 0 saturated heterocycles. The number of carbonyl (C=O) groups is 2. The lowest BCUT2D eigenvalue weighted by Gasteiger charge is -2.17. The molecule has 0 saturated carbocycles. The first-order valence-electron chi connectivity index (χ1n) is 9.90. The predicted molar refractivity (Wildman–Crippen MR) is 114 cm³/mol. The van der Waals surface area contributed by atoms with E-state index in [2.05, 4.69) is 5.32 Å². The number of hydrogen-bond acceptors (Lipinski definition) is 4. The molecular formula is C23H25ClF3NO3. The number of halogens is 4. The van der Waals surface area contributed by atoms with Crippen molar-refractivity contribution in [2.45, 2.75) is 45.8 Å². The first kappa shape index (κ1) is 24.9. The minimum absolute atomic E-state index is 0.01000. The van der Waals surface area contributed by atoms with Gasteiger partial charge in [0, 0.05) is 24.5 Å². The fraction of sp³-hybridized carbons (Fsp3) is 0.391. The van der Waals surface area contributed by atoms with Crippen LogP contribution in [0.4, 0.5) is 13.2 Å². The average Bonchev–Trinajstić information content (AvgIpc) is 2.69. The number of carbonyl (C=O) groups excluding carboxylic acids is 2. The number of esters is 1. The van der Waals surface area contributed by atoms with Gasteiger partial charge >= 0.3 is 12.1 Å². The van der Waals surface area contributed by atoms with E-state index in [4.69, 9.17) is 16.3 Å². The van der Waals surface area contributed by atoms with Crippen molar-refractivity contribution < 1.29 is 27.5 Å². The Morgan fingerprint density at radius 1 is 1.16 bits per heavy atom. The number of ketones is 1. The normalized spacial score (nSPS) is 12.5. The number of benzene rings is 2. The van der Waals surface area contributed by atoms with E-state index in [0.29, 0.717) is 33.8 Å². The highest BCUT2D eigenvalue weighted by molar-refractivity contribution is 6.31. The molecule has 168 valence electrons. The zero-order valence-corrected chi connectivity index (χ0v) is 18.4. The summed E-state index contributed by atoms with van der Waals surface area (Å²) in [5.41, 5.74) is 1.41. The van der Waals surface area contributed by atoms with Gasteiger partial charge in [-0.15, -0.1) is 0 Å². The summed E-state index contributed by atoms with van der Waals surface area (Å²) in [6.07, 6.45) is -4.20. The van der Waals surface area contributed by atoms with Crippen molar-refractivity contribution in [3.05, 3.63) is 58.1 Å². The first-order chi connectivity index (χ1) is 14.5. The third-order valence-electron chi connectivity index (χ3n) is 4.77. The zero-order chi connectivity index (χ0) is 23.2. The minimum Gasteiger partial charge on any atom is -0.466 e. The Morgan fingerprint density at radius 2 is 1.87 bits per heavy atom. The Bertz CT molecular complexity index is 944. The summed E-state index contributed by atoms with van der Waals surface area (Å²) in [7, 11) is 0. The van der Waals surface area contributed by atoms with Crippen LogP contribution in [0.5, 0.6) is 0 Å². The van der Waals surface area contributed by atoms with Crippen LogP contribution in [0, 0.1) is 0 Å². The second-order valence-electron chi connectivity index (χ2n) is 7.25. The van der Waals surface area contributed by atoms with Crippen LogP contribution < -0.4 is 5.32 Å². The lowest BCUT2D eigenvalue weighted by atomic mass is 9.93. The summed E-state index contributed by atoms with van der Waals surface area (Å²) in [6, 6.07) is 8.52. The summed E-state index contributed by atoms with van der Waals surface area (Å²) in [5.74, 6) is -0.998. The monoisotopic (exact) mass is 455 g/mol. The summed E-state index contributed by atoms with van der Waals surface area (Å²) in [6.45, 7) is 5.58. The highest BCUT2D eigenvalue weighted by Gasteiger charge is 2.31. The van der Waals surface area contributed by atoms with Crippen LogP contribution in [-0.2, 0) is 27.0 Å². The van der Waals surface area contributed by atoms with Gasteiger partial charge in [-0.2, -0.15) is 13.2 Å². The Balaban J connectivity index is 2.45. The topological polar surface area (TPSA) is 55.4 Å². The highest BCUT2D eigenvalue weighted by atomic mass is 35.5. The van der Waals surface area contributed by atoms with E-state index in [1.165, 1.54) is 13.0 Å². The molecule has 0 radical (unpaired) electrons. The van der Waals surface area contributed by atoms with Gasteiger partial charge in [0.25, 0.3) is 0 Å². The van der Waals surface area contributed by atoms with Crippen LogP contribution in [-0.4, -0.2) is 24.9 Å². The maximum atomic E-state index is 13.3. The quantitative estimate of drug-likeness (QED) is 0.385. The SMILES string of the molecule is CCOC(=O)C(C)c1cc(Cl)cc(-c2ccc(C(F)(F)F)cc2CNCCC(C)=O)c1. The van der Waals surface area contributed by atoms with Gasteiger partial charge < -0.3 is 10.1 Å². The smallest absolute Gasteiger partial charge is 0.416 e. The molecule has 2 aromatic carbocycles. The second kappa shape index (κ2) is 10.8. The molecule has 2 rings (SSSR count). The van der Waals surface area contributed by atoms with Crippen molar-refractivity contribution >= 4 is 23.4 Å². The zero-order valence-electron chi connectivity index (χ0n) is 17.6. The van der Waals surface area contributed by atoms with Crippen molar-refractivity contribution in [1.29, 1.82) is 0 Å². The summed E-state index contributed by atoms with van der Waals surface area (Å²) < 4.78 is 44.8. The third kappa shape index (κ3) is 7.08. The molecule has 0 aromatic heterocycles. The third-order valence-corrected chi connectivity index (χ3v) is 4.99. The molecule has 2 aromatic rings. The van der Waals surface area contributed by atoms with E-state index in [0.717, 1.165) is 12.1 Å². The molecular weight excluding hydrogens is 431 g/mol. The molecule has 8 heteroatoms. The van der Waals surface area contributed by atoms with Crippen LogP contribution in [0.2, 0.25) is 5.02 Å². The Kier molecular flexibility index (Phi) is 8.65. The molecule has 0 amide bonds. The molecule has 1 atom stereocenters. The predicted octanol–water partition coefficient (Wildman–Crippen LogP) is 5.76. The molecule has 0 heterocycles. The number of alkyl halides is 3. The van der Waals surface area contributed by atoms with Gasteiger partial charge in [-0.1, -0.05) is 23.7 Å². The molecule has 0 aliphatic heterocycles. The van der Waals surface area contributed by atoms with Gasteiger partial charge in [0.1, 0.15) is 5.78 Å². The Labute approximate surface area is 184 Å². The van der Waals surface area contributed by atoms with Crippen molar-refractivity contribution in [2.24, 2.45) is 0 Å². The lowest BCUT2D eigenvalue weighted by molar-refractivity contribution is -0.144. The van der Waals surface area contributed by atoms with E-state index in [-0.39, 0.29) is 25.4 Å².